The van der Waals surface area contributed by atoms with Crippen molar-refractivity contribution < 1.29 is 4.42 Å². The number of hydrogen-bond donors (Lipinski definition) is 3. The molecule has 2 aliphatic heterocycles. The second-order valence-corrected chi connectivity index (χ2v) is 6.94. The molecule has 2 aromatic rings. The fourth-order valence-electron chi connectivity index (χ4n) is 3.88. The van der Waals surface area contributed by atoms with Gasteiger partial charge in [0.25, 0.3) is 0 Å². The highest BCUT2D eigenvalue weighted by Crippen LogP contribution is 2.26. The number of anilines is 1. The van der Waals surface area contributed by atoms with E-state index in [0.717, 1.165) is 43.5 Å². The van der Waals surface area contributed by atoms with Gasteiger partial charge in [0, 0.05) is 44.3 Å². The van der Waals surface area contributed by atoms with Crippen LogP contribution in [0.4, 0.5) is 5.82 Å². The average molecular weight is 342 g/mol. The third-order valence-electron chi connectivity index (χ3n) is 5.18. The summed E-state index contributed by atoms with van der Waals surface area (Å²) in [4.78, 5) is 2.37. The monoisotopic (exact) mass is 342 g/mol. The number of aryl methyl sites for hydroxylation is 1. The van der Waals surface area contributed by atoms with E-state index in [2.05, 4.69) is 37.3 Å². The van der Waals surface area contributed by atoms with Gasteiger partial charge < -0.3 is 14.6 Å². The highest BCUT2D eigenvalue weighted by atomic mass is 16.3. The summed E-state index contributed by atoms with van der Waals surface area (Å²) in [6.07, 6.45) is 4.14. The predicted octanol–water partition coefficient (Wildman–Crippen LogP) is 1.40. The van der Waals surface area contributed by atoms with Crippen molar-refractivity contribution in [2.75, 3.05) is 31.1 Å². The summed E-state index contributed by atoms with van der Waals surface area (Å²) in [7, 11) is 0. The van der Waals surface area contributed by atoms with Crippen LogP contribution in [0.25, 0.3) is 0 Å². The van der Waals surface area contributed by atoms with Gasteiger partial charge in [-0.1, -0.05) is 0 Å². The molecule has 0 bridgehead atoms. The lowest BCUT2D eigenvalue weighted by Gasteiger charge is -2.26. The van der Waals surface area contributed by atoms with Crippen LogP contribution >= 0.6 is 0 Å². The number of nitrogens with one attached hydrogen (secondary N) is 3. The van der Waals surface area contributed by atoms with Crippen LogP contribution < -0.4 is 21.1 Å². The van der Waals surface area contributed by atoms with E-state index in [1.54, 1.807) is 6.20 Å². The van der Waals surface area contributed by atoms with E-state index in [-0.39, 0.29) is 6.04 Å². The molecule has 3 unspecified atom stereocenters. The number of furan rings is 1. The molecule has 3 N–H and O–H groups in total. The van der Waals surface area contributed by atoms with E-state index in [4.69, 9.17) is 4.42 Å². The summed E-state index contributed by atoms with van der Waals surface area (Å²) >= 11 is 0. The molecule has 2 saturated heterocycles. The Morgan fingerprint density at radius 3 is 3.08 bits per heavy atom. The van der Waals surface area contributed by atoms with Gasteiger partial charge in [-0.05, 0) is 44.0 Å². The smallest absolute Gasteiger partial charge is 0.151 e. The number of rotatable bonds is 6. The van der Waals surface area contributed by atoms with Crippen LogP contribution in [0.3, 0.4) is 0 Å². The van der Waals surface area contributed by atoms with Crippen LogP contribution in [0.2, 0.25) is 0 Å². The first kappa shape index (κ1) is 16.5. The lowest BCUT2D eigenvalue weighted by atomic mass is 10.00. The van der Waals surface area contributed by atoms with Gasteiger partial charge in [0.1, 0.15) is 11.5 Å². The molecule has 2 aromatic heterocycles. The van der Waals surface area contributed by atoms with Crippen molar-refractivity contribution in [3.05, 3.63) is 42.0 Å². The normalized spacial score (nSPS) is 26.4. The van der Waals surface area contributed by atoms with Crippen molar-refractivity contribution in [2.45, 2.75) is 31.8 Å². The third-order valence-corrected chi connectivity index (χ3v) is 5.18. The van der Waals surface area contributed by atoms with E-state index in [9.17, 15) is 0 Å². The van der Waals surface area contributed by atoms with Crippen molar-refractivity contribution in [1.29, 1.82) is 0 Å². The zero-order chi connectivity index (χ0) is 17.1. The Bertz CT molecular complexity index is 675. The van der Waals surface area contributed by atoms with Gasteiger partial charge in [-0.3, -0.25) is 5.43 Å². The maximum atomic E-state index is 5.80. The first-order chi connectivity index (χ1) is 12.3. The maximum Gasteiger partial charge on any atom is 0.151 e. The summed E-state index contributed by atoms with van der Waals surface area (Å²) in [6, 6.07) is 8.81. The summed E-state index contributed by atoms with van der Waals surface area (Å²) in [5.74, 6) is 3.43. The van der Waals surface area contributed by atoms with Crippen LogP contribution in [0.1, 0.15) is 30.4 Å². The molecule has 0 aromatic carbocycles. The van der Waals surface area contributed by atoms with Crippen molar-refractivity contribution in [3.63, 3.8) is 0 Å². The molecule has 3 atom stereocenters. The summed E-state index contributed by atoms with van der Waals surface area (Å²) in [6.45, 7) is 5.91. The Morgan fingerprint density at radius 1 is 1.32 bits per heavy atom. The predicted molar refractivity (Wildman–Crippen MR) is 96.1 cm³/mol. The molecule has 0 radical (unpaired) electrons. The van der Waals surface area contributed by atoms with Gasteiger partial charge in [-0.25, -0.2) is 5.43 Å². The van der Waals surface area contributed by atoms with Crippen molar-refractivity contribution in [2.24, 2.45) is 5.92 Å². The summed E-state index contributed by atoms with van der Waals surface area (Å²) in [5, 5.41) is 11.9. The highest BCUT2D eigenvalue weighted by Gasteiger charge is 2.31. The molecule has 2 fully saturated rings. The number of hydrazine groups is 1. The van der Waals surface area contributed by atoms with Gasteiger partial charge in [0.15, 0.2) is 5.82 Å². The Balaban J connectivity index is 1.31. The molecule has 134 valence electrons. The zero-order valence-electron chi connectivity index (χ0n) is 14.6. The van der Waals surface area contributed by atoms with Crippen molar-refractivity contribution >= 4 is 5.82 Å². The Hall–Kier alpha value is -1.96. The fourth-order valence-corrected chi connectivity index (χ4v) is 3.88. The first-order valence-corrected chi connectivity index (χ1v) is 9.11. The molecule has 0 saturated carbocycles. The molecular weight excluding hydrogens is 316 g/mol. The van der Waals surface area contributed by atoms with E-state index in [0.29, 0.717) is 12.0 Å². The fraction of sp³-hybridized carbons (Fsp3) is 0.556. The Kier molecular flexibility index (Phi) is 4.96. The highest BCUT2D eigenvalue weighted by molar-refractivity contribution is 5.39. The second-order valence-electron chi connectivity index (χ2n) is 6.94. The van der Waals surface area contributed by atoms with Crippen LogP contribution in [0.5, 0.6) is 0 Å². The standard InChI is InChI=1S/C18H26N6O/c1-13-6-7-16(25-13)18-14(11-21-23-18)10-19-12-15-4-3-9-24(15)17-5-2-8-20-22-17/h2,5-8,14-15,18-19,21,23H,3-4,9-12H2,1H3. The van der Waals surface area contributed by atoms with Crippen molar-refractivity contribution in [3.8, 4) is 0 Å². The minimum atomic E-state index is 0.223. The topological polar surface area (TPSA) is 78.2 Å². The van der Waals surface area contributed by atoms with E-state index >= 15 is 0 Å². The lowest BCUT2D eigenvalue weighted by Crippen LogP contribution is -2.40. The number of hydrogen-bond acceptors (Lipinski definition) is 7. The molecular formula is C18H26N6O. The van der Waals surface area contributed by atoms with Gasteiger partial charge in [-0.2, -0.15) is 5.10 Å². The number of aromatic nitrogens is 2. The van der Waals surface area contributed by atoms with Crippen LogP contribution in [0.15, 0.2) is 34.9 Å². The van der Waals surface area contributed by atoms with Gasteiger partial charge in [0.2, 0.25) is 0 Å². The minimum Gasteiger partial charge on any atom is -0.465 e. The average Bonchev–Trinajstić information content (AvgIpc) is 3.36. The van der Waals surface area contributed by atoms with E-state index < -0.39 is 0 Å². The molecule has 0 aliphatic carbocycles. The van der Waals surface area contributed by atoms with Gasteiger partial charge in [0.05, 0.1) is 6.04 Å². The molecule has 7 heteroatoms. The van der Waals surface area contributed by atoms with E-state index in [1.165, 1.54) is 12.8 Å². The van der Waals surface area contributed by atoms with Crippen LogP contribution in [0, 0.1) is 12.8 Å². The molecule has 0 amide bonds. The SMILES string of the molecule is Cc1ccc(C2NNCC2CNCC2CCCN2c2cccnn2)o1. The van der Waals surface area contributed by atoms with E-state index in [1.807, 2.05) is 25.1 Å². The molecule has 0 spiro atoms. The number of nitrogens with zero attached hydrogens (tertiary/aromatic N) is 3. The Labute approximate surface area is 148 Å². The summed E-state index contributed by atoms with van der Waals surface area (Å²) < 4.78 is 5.80. The largest absolute Gasteiger partial charge is 0.465 e. The zero-order valence-corrected chi connectivity index (χ0v) is 14.6. The van der Waals surface area contributed by atoms with Gasteiger partial charge >= 0.3 is 0 Å². The quantitative estimate of drug-likeness (QED) is 0.732. The van der Waals surface area contributed by atoms with Crippen LogP contribution in [-0.4, -0.2) is 42.4 Å². The molecule has 2 aliphatic rings. The third kappa shape index (κ3) is 3.68. The Morgan fingerprint density at radius 2 is 2.28 bits per heavy atom. The molecule has 4 rings (SSSR count). The second kappa shape index (κ2) is 7.51. The summed E-state index contributed by atoms with van der Waals surface area (Å²) in [5.41, 5.74) is 6.60. The first-order valence-electron chi connectivity index (χ1n) is 9.11. The lowest BCUT2D eigenvalue weighted by molar-refractivity contribution is 0.358. The molecule has 4 heterocycles. The minimum absolute atomic E-state index is 0.223. The van der Waals surface area contributed by atoms with Gasteiger partial charge in [-0.15, -0.1) is 5.10 Å². The molecule has 7 nitrogen and oxygen atoms in total. The van der Waals surface area contributed by atoms with Crippen molar-refractivity contribution in [1.82, 2.24) is 26.4 Å². The molecule has 25 heavy (non-hydrogen) atoms. The van der Waals surface area contributed by atoms with Crippen LogP contribution in [-0.2, 0) is 0 Å². The maximum absolute atomic E-state index is 5.80.